The third-order valence-electron chi connectivity index (χ3n) is 3.51. The molecule has 1 aromatic rings. The second-order valence-corrected chi connectivity index (χ2v) is 5.79. The average molecular weight is 300 g/mol. The van der Waals surface area contributed by atoms with E-state index < -0.39 is 0 Å². The van der Waals surface area contributed by atoms with Gasteiger partial charge in [0.2, 0.25) is 17.2 Å². The third kappa shape index (κ3) is 4.45. The van der Waals surface area contributed by atoms with Crippen molar-refractivity contribution in [2.75, 3.05) is 36.9 Å². The lowest BCUT2D eigenvalue weighted by molar-refractivity contribution is 0.0299. The Morgan fingerprint density at radius 3 is 2.45 bits per heavy atom. The minimum absolute atomic E-state index is 0.207. The Bertz CT molecular complexity index is 437. The molecule has 0 amide bonds. The minimum Gasteiger partial charge on any atom is -0.381 e. The molecule has 2 N–H and O–H groups in total. The highest BCUT2D eigenvalue weighted by atomic mass is 35.5. The van der Waals surface area contributed by atoms with Crippen LogP contribution < -0.4 is 10.6 Å². The van der Waals surface area contributed by atoms with Gasteiger partial charge in [0, 0.05) is 26.3 Å². The van der Waals surface area contributed by atoms with Gasteiger partial charge < -0.3 is 15.4 Å². The van der Waals surface area contributed by atoms with Crippen LogP contribution in [0.2, 0.25) is 5.28 Å². The molecular formula is C13H22ClN5O. The van der Waals surface area contributed by atoms with Gasteiger partial charge in [-0.05, 0) is 36.3 Å². The van der Waals surface area contributed by atoms with Gasteiger partial charge in [0.1, 0.15) is 0 Å². The number of rotatable bonds is 6. The van der Waals surface area contributed by atoms with Crippen LogP contribution in [-0.2, 0) is 4.74 Å². The second kappa shape index (κ2) is 7.04. The van der Waals surface area contributed by atoms with Gasteiger partial charge in [0.15, 0.2) is 0 Å². The Morgan fingerprint density at radius 2 is 1.80 bits per heavy atom. The summed E-state index contributed by atoms with van der Waals surface area (Å²) >= 11 is 5.92. The Labute approximate surface area is 124 Å². The fourth-order valence-electron chi connectivity index (χ4n) is 2.08. The van der Waals surface area contributed by atoms with Gasteiger partial charge in [-0.3, -0.25) is 0 Å². The molecule has 20 heavy (non-hydrogen) atoms. The normalized spacial score (nSPS) is 17.8. The van der Waals surface area contributed by atoms with Crippen LogP contribution in [0.4, 0.5) is 11.9 Å². The number of nitrogens with one attached hydrogen (secondary N) is 2. The van der Waals surface area contributed by atoms with E-state index in [0.717, 1.165) is 45.6 Å². The number of hydrogen-bond donors (Lipinski definition) is 2. The summed E-state index contributed by atoms with van der Waals surface area (Å²) < 4.78 is 5.40. The first-order valence-electron chi connectivity index (χ1n) is 7.08. The topological polar surface area (TPSA) is 72.0 Å². The highest BCUT2D eigenvalue weighted by molar-refractivity contribution is 6.28. The molecule has 0 aromatic carbocycles. The van der Waals surface area contributed by atoms with E-state index in [1.165, 1.54) is 0 Å². The lowest BCUT2D eigenvalue weighted by Gasteiger charge is -2.33. The summed E-state index contributed by atoms with van der Waals surface area (Å²) in [7, 11) is 0. The van der Waals surface area contributed by atoms with Gasteiger partial charge in [-0.1, -0.05) is 13.8 Å². The summed E-state index contributed by atoms with van der Waals surface area (Å²) in [5.74, 6) is 1.04. The maximum atomic E-state index is 5.92. The van der Waals surface area contributed by atoms with Crippen molar-refractivity contribution in [3.8, 4) is 0 Å². The van der Waals surface area contributed by atoms with Crippen LogP contribution in [-0.4, -0.2) is 41.3 Å². The van der Waals surface area contributed by atoms with Crippen LogP contribution in [0, 0.1) is 5.41 Å². The molecule has 1 aromatic heterocycles. The van der Waals surface area contributed by atoms with Crippen molar-refractivity contribution in [1.82, 2.24) is 15.0 Å². The highest BCUT2D eigenvalue weighted by Crippen LogP contribution is 2.29. The summed E-state index contributed by atoms with van der Waals surface area (Å²) in [4.78, 5) is 12.5. The number of halogens is 1. The standard InChI is InChI=1S/C13H22ClN5O/c1-3-6-15-11-17-10(14)18-12(19-11)16-9-13(2)4-7-20-8-5-13/h3-9H2,1-2H3,(H2,15,16,17,18,19). The Balaban J connectivity index is 1.96. The molecule has 112 valence electrons. The van der Waals surface area contributed by atoms with Crippen molar-refractivity contribution >= 4 is 23.5 Å². The quantitative estimate of drug-likeness (QED) is 0.841. The molecular weight excluding hydrogens is 278 g/mol. The van der Waals surface area contributed by atoms with Gasteiger partial charge in [-0.15, -0.1) is 0 Å². The summed E-state index contributed by atoms with van der Waals surface area (Å²) in [5, 5.41) is 6.59. The average Bonchev–Trinajstić information content (AvgIpc) is 2.43. The first-order valence-corrected chi connectivity index (χ1v) is 7.46. The van der Waals surface area contributed by atoms with Crippen LogP contribution in [0.15, 0.2) is 0 Å². The lowest BCUT2D eigenvalue weighted by atomic mass is 9.82. The fraction of sp³-hybridized carbons (Fsp3) is 0.769. The molecule has 2 rings (SSSR count). The van der Waals surface area contributed by atoms with Crippen molar-refractivity contribution in [2.24, 2.45) is 5.41 Å². The van der Waals surface area contributed by atoms with Crippen LogP contribution in [0.5, 0.6) is 0 Å². The zero-order chi connectivity index (χ0) is 14.4. The van der Waals surface area contributed by atoms with Crippen molar-refractivity contribution in [3.05, 3.63) is 5.28 Å². The fourth-order valence-corrected chi connectivity index (χ4v) is 2.24. The van der Waals surface area contributed by atoms with Crippen LogP contribution in [0.3, 0.4) is 0 Å². The molecule has 1 aliphatic rings. The molecule has 0 unspecified atom stereocenters. The molecule has 0 spiro atoms. The predicted molar refractivity (Wildman–Crippen MR) is 80.3 cm³/mol. The van der Waals surface area contributed by atoms with Gasteiger partial charge in [-0.2, -0.15) is 15.0 Å². The third-order valence-corrected chi connectivity index (χ3v) is 3.68. The molecule has 0 atom stereocenters. The van der Waals surface area contributed by atoms with Crippen molar-refractivity contribution in [3.63, 3.8) is 0 Å². The van der Waals surface area contributed by atoms with Crippen LogP contribution >= 0.6 is 11.6 Å². The van der Waals surface area contributed by atoms with E-state index in [-0.39, 0.29) is 10.7 Å². The number of aromatic nitrogens is 3. The van der Waals surface area contributed by atoms with E-state index in [9.17, 15) is 0 Å². The highest BCUT2D eigenvalue weighted by Gasteiger charge is 2.27. The maximum Gasteiger partial charge on any atom is 0.228 e. The minimum atomic E-state index is 0.207. The van der Waals surface area contributed by atoms with Gasteiger partial charge >= 0.3 is 0 Å². The Morgan fingerprint density at radius 1 is 1.15 bits per heavy atom. The summed E-state index contributed by atoms with van der Waals surface area (Å²) in [6.07, 6.45) is 3.09. The number of ether oxygens (including phenoxy) is 1. The first kappa shape index (κ1) is 15.3. The molecule has 2 heterocycles. The van der Waals surface area contributed by atoms with E-state index in [0.29, 0.717) is 11.9 Å². The number of hydrogen-bond acceptors (Lipinski definition) is 6. The lowest BCUT2D eigenvalue weighted by Crippen LogP contribution is -2.33. The molecule has 1 aliphatic heterocycles. The molecule has 0 bridgehead atoms. The second-order valence-electron chi connectivity index (χ2n) is 5.46. The van der Waals surface area contributed by atoms with E-state index in [1.54, 1.807) is 0 Å². The Kier molecular flexibility index (Phi) is 5.37. The molecule has 0 saturated carbocycles. The predicted octanol–water partition coefficient (Wildman–Crippen LogP) is 2.58. The van der Waals surface area contributed by atoms with E-state index in [2.05, 4.69) is 39.4 Å². The number of nitrogens with zero attached hydrogens (tertiary/aromatic N) is 3. The smallest absolute Gasteiger partial charge is 0.228 e. The summed E-state index contributed by atoms with van der Waals surface area (Å²) in [6, 6.07) is 0. The van der Waals surface area contributed by atoms with Gasteiger partial charge in [0.05, 0.1) is 0 Å². The zero-order valence-corrected chi connectivity index (χ0v) is 12.8. The summed E-state index contributed by atoms with van der Waals surface area (Å²) in [6.45, 7) is 7.60. The van der Waals surface area contributed by atoms with Crippen molar-refractivity contribution in [2.45, 2.75) is 33.1 Å². The first-order chi connectivity index (χ1) is 9.61. The zero-order valence-electron chi connectivity index (χ0n) is 12.1. The van der Waals surface area contributed by atoms with Crippen LogP contribution in [0.25, 0.3) is 0 Å². The maximum absolute atomic E-state index is 5.92. The molecule has 6 nitrogen and oxygen atoms in total. The monoisotopic (exact) mass is 299 g/mol. The van der Waals surface area contributed by atoms with E-state index in [4.69, 9.17) is 16.3 Å². The molecule has 0 aliphatic carbocycles. The van der Waals surface area contributed by atoms with E-state index in [1.807, 2.05) is 0 Å². The number of anilines is 2. The molecule has 0 radical (unpaired) electrons. The SMILES string of the molecule is CCCNc1nc(Cl)nc(NCC2(C)CCOCC2)n1. The summed E-state index contributed by atoms with van der Waals surface area (Å²) in [5.41, 5.74) is 0.217. The molecule has 1 fully saturated rings. The van der Waals surface area contributed by atoms with Gasteiger partial charge in [0.25, 0.3) is 0 Å². The van der Waals surface area contributed by atoms with Crippen molar-refractivity contribution < 1.29 is 4.74 Å². The Hall–Kier alpha value is -1.14. The largest absolute Gasteiger partial charge is 0.381 e. The molecule has 7 heteroatoms. The van der Waals surface area contributed by atoms with Crippen LogP contribution in [0.1, 0.15) is 33.1 Å². The molecule has 1 saturated heterocycles. The van der Waals surface area contributed by atoms with Gasteiger partial charge in [-0.25, -0.2) is 0 Å². The van der Waals surface area contributed by atoms with E-state index >= 15 is 0 Å². The van der Waals surface area contributed by atoms with Crippen molar-refractivity contribution in [1.29, 1.82) is 0 Å².